The Morgan fingerprint density at radius 2 is 1.44 bits per heavy atom. The van der Waals surface area contributed by atoms with Crippen molar-refractivity contribution in [2.75, 3.05) is 12.8 Å². The molecule has 0 N–H and O–H groups in total. The molecule has 6 heteroatoms. The normalized spacial score (nSPS) is 12.6. The molecule has 0 aliphatic rings. The lowest BCUT2D eigenvalue weighted by atomic mass is 9.89. The van der Waals surface area contributed by atoms with E-state index in [2.05, 4.69) is 0 Å². The van der Waals surface area contributed by atoms with Crippen LogP contribution in [-0.2, 0) is 19.0 Å². The molecule has 0 aromatic carbocycles. The Bertz CT molecular complexity index is 283. The third-order valence-electron chi connectivity index (χ3n) is 2.25. The maximum absolute atomic E-state index is 11.0. The van der Waals surface area contributed by atoms with Crippen molar-refractivity contribution < 1.29 is 17.3 Å². The number of hydrogen-bond donors (Lipinski definition) is 0. The number of ether oxygens (including phenoxy) is 1. The van der Waals surface area contributed by atoms with Gasteiger partial charge in [-0.2, -0.15) is 8.42 Å². The van der Waals surface area contributed by atoms with Gasteiger partial charge >= 0.3 is 0 Å². The molecule has 0 spiro atoms. The molecule has 0 unspecified atom stereocenters. The van der Waals surface area contributed by atoms with E-state index in [4.69, 9.17) is 16.8 Å². The van der Waals surface area contributed by atoms with Gasteiger partial charge in [-0.15, -0.1) is 0 Å². The van der Waals surface area contributed by atoms with E-state index in [0.29, 0.717) is 0 Å². The summed E-state index contributed by atoms with van der Waals surface area (Å²) in [5.74, 6) is 0. The highest BCUT2D eigenvalue weighted by Gasteiger charge is 2.41. The zero-order valence-electron chi connectivity index (χ0n) is 9.33. The first kappa shape index (κ1) is 21.2. The van der Waals surface area contributed by atoms with Gasteiger partial charge in [0.1, 0.15) is 13.4 Å². The van der Waals surface area contributed by atoms with Crippen molar-refractivity contribution in [1.82, 2.24) is 0 Å². The first-order chi connectivity index (χ1) is 6.02. The van der Waals surface area contributed by atoms with Crippen LogP contribution in [0.4, 0.5) is 0 Å². The molecule has 0 heterocycles. The number of rotatable bonds is 5. The lowest BCUT2D eigenvalue weighted by molar-refractivity contribution is -0.118. The van der Waals surface area contributed by atoms with Crippen LogP contribution in [0, 0.1) is 0 Å². The zero-order chi connectivity index (χ0) is 11.6. The molecule has 0 aliphatic heterocycles. The lowest BCUT2D eigenvalue weighted by Crippen LogP contribution is -2.50. The summed E-state index contributed by atoms with van der Waals surface area (Å²) in [5, 5.41) is 0. The van der Waals surface area contributed by atoms with E-state index < -0.39 is 21.3 Å². The molecule has 98 valence electrons. The van der Waals surface area contributed by atoms with E-state index >= 15 is 0 Å². The average Bonchev–Trinajstić information content (AvgIpc) is 1.79. The van der Waals surface area contributed by atoms with Crippen LogP contribution in [0.25, 0.3) is 0 Å². The Morgan fingerprint density at radius 1 is 1.06 bits per heavy atom. The Balaban J connectivity index is -0.000000845. The van der Waals surface area contributed by atoms with Gasteiger partial charge in [-0.3, -0.25) is 4.18 Å². The van der Waals surface area contributed by atoms with E-state index in [9.17, 15) is 8.42 Å². The minimum Gasteiger partial charge on any atom is -0.382 e. The first-order valence-corrected chi connectivity index (χ1v) is 6.08. The molecule has 0 saturated carbocycles. The highest BCUT2D eigenvalue weighted by Crippen LogP contribution is 2.29. The summed E-state index contributed by atoms with van der Waals surface area (Å²) < 4.78 is 32.1. The SMILES string of the molecule is C.C.[B]COC(C)(C)C(C)(C)OS(C)(=O)=O. The van der Waals surface area contributed by atoms with Crippen LogP contribution in [-0.4, -0.2) is 40.2 Å². The van der Waals surface area contributed by atoms with Crippen LogP contribution in [0.2, 0.25) is 0 Å². The van der Waals surface area contributed by atoms with Crippen molar-refractivity contribution in [2.24, 2.45) is 0 Å². The summed E-state index contributed by atoms with van der Waals surface area (Å²) >= 11 is 0. The van der Waals surface area contributed by atoms with Gasteiger partial charge in [-0.05, 0) is 27.7 Å². The molecule has 0 aromatic rings. The van der Waals surface area contributed by atoms with Gasteiger partial charge in [0, 0.05) is 6.51 Å². The number of hydrogen-bond acceptors (Lipinski definition) is 4. The largest absolute Gasteiger partial charge is 0.382 e. The fourth-order valence-electron chi connectivity index (χ4n) is 0.861. The van der Waals surface area contributed by atoms with Crippen LogP contribution < -0.4 is 0 Å². The quantitative estimate of drug-likeness (QED) is 0.554. The Labute approximate surface area is 102 Å². The van der Waals surface area contributed by atoms with E-state index in [0.717, 1.165) is 6.26 Å². The second-order valence-corrected chi connectivity index (χ2v) is 5.69. The van der Waals surface area contributed by atoms with Crippen molar-refractivity contribution in [1.29, 1.82) is 0 Å². The fourth-order valence-corrected chi connectivity index (χ4v) is 1.82. The summed E-state index contributed by atoms with van der Waals surface area (Å²) in [4.78, 5) is 0. The van der Waals surface area contributed by atoms with Crippen molar-refractivity contribution >= 4 is 18.0 Å². The van der Waals surface area contributed by atoms with Crippen molar-refractivity contribution in [3.8, 4) is 0 Å². The predicted octanol–water partition coefficient (Wildman–Crippen LogP) is 1.93. The summed E-state index contributed by atoms with van der Waals surface area (Å²) in [6.45, 7) is 6.76. The lowest BCUT2D eigenvalue weighted by Gasteiger charge is -2.39. The molecule has 0 atom stereocenters. The van der Waals surface area contributed by atoms with Gasteiger partial charge in [0.15, 0.2) is 0 Å². The topological polar surface area (TPSA) is 52.6 Å². The van der Waals surface area contributed by atoms with Gasteiger partial charge in [0.05, 0.1) is 11.9 Å². The third kappa shape index (κ3) is 6.50. The fraction of sp³-hybridized carbons (Fsp3) is 1.00. The molecule has 0 aromatic heterocycles. The summed E-state index contributed by atoms with van der Waals surface area (Å²) in [6.07, 6.45) is 1.01. The standard InChI is InChI=1S/C8H17BO4S.2CH4/c1-7(2,12-6-9)8(3,4)13-14(5,10)11;;/h6H2,1-5H3;2*1H4. The van der Waals surface area contributed by atoms with Gasteiger partial charge in [0.25, 0.3) is 10.1 Å². The second-order valence-electron chi connectivity index (χ2n) is 4.12. The summed E-state index contributed by atoms with van der Waals surface area (Å²) in [5.41, 5.74) is -1.73. The average molecular weight is 252 g/mol. The van der Waals surface area contributed by atoms with Crippen molar-refractivity contribution in [3.63, 3.8) is 0 Å². The third-order valence-corrected chi connectivity index (χ3v) is 2.97. The maximum atomic E-state index is 11.0. The first-order valence-electron chi connectivity index (χ1n) is 4.26. The van der Waals surface area contributed by atoms with Crippen molar-refractivity contribution in [3.05, 3.63) is 0 Å². The summed E-state index contributed by atoms with van der Waals surface area (Å²) in [7, 11) is 1.74. The van der Waals surface area contributed by atoms with E-state index in [1.807, 2.05) is 0 Å². The van der Waals surface area contributed by atoms with Crippen LogP contribution in [0.3, 0.4) is 0 Å². The van der Waals surface area contributed by atoms with Crippen LogP contribution >= 0.6 is 0 Å². The molecular formula is C10H25BO4S. The van der Waals surface area contributed by atoms with Crippen LogP contribution in [0.15, 0.2) is 0 Å². The molecule has 16 heavy (non-hydrogen) atoms. The smallest absolute Gasteiger partial charge is 0.265 e. The zero-order valence-corrected chi connectivity index (χ0v) is 10.1. The minimum absolute atomic E-state index is 0. The van der Waals surface area contributed by atoms with E-state index in [-0.39, 0.29) is 21.4 Å². The van der Waals surface area contributed by atoms with Gasteiger partial charge in [0.2, 0.25) is 0 Å². The molecule has 0 aliphatic carbocycles. The van der Waals surface area contributed by atoms with Gasteiger partial charge in [-0.25, -0.2) is 0 Å². The molecule has 0 amide bonds. The summed E-state index contributed by atoms with van der Waals surface area (Å²) in [6, 6.07) is 0. The molecule has 0 fully saturated rings. The molecule has 2 radical (unpaired) electrons. The Hall–Kier alpha value is -0.0651. The van der Waals surface area contributed by atoms with E-state index in [1.165, 1.54) is 0 Å². The van der Waals surface area contributed by atoms with Crippen LogP contribution in [0.5, 0.6) is 0 Å². The minimum atomic E-state index is -3.50. The molecule has 0 rings (SSSR count). The Morgan fingerprint density at radius 3 is 1.69 bits per heavy atom. The maximum Gasteiger partial charge on any atom is 0.265 e. The highest BCUT2D eigenvalue weighted by atomic mass is 32.2. The molecular weight excluding hydrogens is 227 g/mol. The monoisotopic (exact) mass is 252 g/mol. The van der Waals surface area contributed by atoms with Crippen molar-refractivity contribution in [2.45, 2.75) is 53.8 Å². The highest BCUT2D eigenvalue weighted by molar-refractivity contribution is 7.86. The van der Waals surface area contributed by atoms with Crippen LogP contribution in [0.1, 0.15) is 42.5 Å². The van der Waals surface area contributed by atoms with Gasteiger partial charge in [-0.1, -0.05) is 14.9 Å². The molecule has 0 saturated heterocycles. The molecule has 4 nitrogen and oxygen atoms in total. The predicted molar refractivity (Wildman–Crippen MR) is 69.3 cm³/mol. The molecule has 0 bridgehead atoms. The van der Waals surface area contributed by atoms with E-state index in [1.54, 1.807) is 27.7 Å². The Kier molecular flexibility index (Phi) is 8.79. The van der Waals surface area contributed by atoms with Gasteiger partial charge < -0.3 is 4.74 Å². The second kappa shape index (κ2) is 6.62.